The molecule has 0 aliphatic rings. The Bertz CT molecular complexity index is 260. The maximum atomic E-state index is 5.55. The molecule has 4 nitrogen and oxygen atoms in total. The standard InChI is InChI=1S/C11H21N3O/c1-3-6-12-7-5-8-15-11-9-13-14(4-2)10-11/h9-10,12H,3-8H2,1-2H3. The van der Waals surface area contributed by atoms with E-state index in [1.54, 1.807) is 6.20 Å². The SMILES string of the molecule is CCCNCCCOc1cnn(CC)c1. The Morgan fingerprint density at radius 1 is 1.40 bits per heavy atom. The molecule has 0 aliphatic heterocycles. The highest BCUT2D eigenvalue weighted by Crippen LogP contribution is 2.07. The first kappa shape index (κ1) is 12.0. The molecule has 0 atom stereocenters. The maximum Gasteiger partial charge on any atom is 0.157 e. The van der Waals surface area contributed by atoms with E-state index < -0.39 is 0 Å². The van der Waals surface area contributed by atoms with Gasteiger partial charge in [-0.3, -0.25) is 4.68 Å². The van der Waals surface area contributed by atoms with Gasteiger partial charge in [0.1, 0.15) is 0 Å². The van der Waals surface area contributed by atoms with Crippen LogP contribution in [0.1, 0.15) is 26.7 Å². The zero-order chi connectivity index (χ0) is 10.9. The summed E-state index contributed by atoms with van der Waals surface area (Å²) in [5.41, 5.74) is 0. The first-order valence-electron chi connectivity index (χ1n) is 5.72. The summed E-state index contributed by atoms with van der Waals surface area (Å²) in [5.74, 6) is 0.868. The molecule has 0 aromatic carbocycles. The molecule has 0 amide bonds. The van der Waals surface area contributed by atoms with Crippen LogP contribution in [0.4, 0.5) is 0 Å². The Balaban J connectivity index is 2.04. The van der Waals surface area contributed by atoms with Crippen LogP contribution in [0.5, 0.6) is 5.75 Å². The number of ether oxygens (including phenoxy) is 1. The Morgan fingerprint density at radius 2 is 2.27 bits per heavy atom. The van der Waals surface area contributed by atoms with Gasteiger partial charge in [-0.25, -0.2) is 0 Å². The minimum atomic E-state index is 0.756. The predicted octanol–water partition coefficient (Wildman–Crippen LogP) is 1.67. The minimum Gasteiger partial charge on any atom is -0.490 e. The molecule has 0 aliphatic carbocycles. The fourth-order valence-corrected chi connectivity index (χ4v) is 1.28. The number of nitrogens with one attached hydrogen (secondary N) is 1. The van der Waals surface area contributed by atoms with E-state index in [2.05, 4.69) is 24.3 Å². The molecule has 1 aromatic rings. The Labute approximate surface area is 91.6 Å². The third-order valence-corrected chi connectivity index (χ3v) is 2.13. The van der Waals surface area contributed by atoms with Crippen LogP contribution in [0.3, 0.4) is 0 Å². The molecule has 1 rings (SSSR count). The molecule has 0 bridgehead atoms. The van der Waals surface area contributed by atoms with Gasteiger partial charge >= 0.3 is 0 Å². The lowest BCUT2D eigenvalue weighted by Gasteiger charge is -2.04. The molecule has 15 heavy (non-hydrogen) atoms. The van der Waals surface area contributed by atoms with Gasteiger partial charge in [-0.1, -0.05) is 6.92 Å². The van der Waals surface area contributed by atoms with Gasteiger partial charge in [-0.2, -0.15) is 5.10 Å². The molecule has 0 saturated carbocycles. The summed E-state index contributed by atoms with van der Waals surface area (Å²) in [6.45, 7) is 7.99. The summed E-state index contributed by atoms with van der Waals surface area (Å²) < 4.78 is 7.41. The van der Waals surface area contributed by atoms with Crippen molar-refractivity contribution in [1.82, 2.24) is 15.1 Å². The second-order valence-electron chi connectivity index (χ2n) is 3.48. The lowest BCUT2D eigenvalue weighted by Crippen LogP contribution is -2.17. The van der Waals surface area contributed by atoms with Crippen LogP contribution in [-0.2, 0) is 6.54 Å². The van der Waals surface area contributed by atoms with Crippen LogP contribution in [0.2, 0.25) is 0 Å². The van der Waals surface area contributed by atoms with Gasteiger partial charge in [0.05, 0.1) is 19.0 Å². The van der Waals surface area contributed by atoms with Gasteiger partial charge in [-0.15, -0.1) is 0 Å². The quantitative estimate of drug-likeness (QED) is 0.665. The van der Waals surface area contributed by atoms with E-state index in [1.807, 2.05) is 10.9 Å². The second-order valence-corrected chi connectivity index (χ2v) is 3.48. The first-order chi connectivity index (χ1) is 7.36. The van der Waals surface area contributed by atoms with E-state index in [-0.39, 0.29) is 0 Å². The van der Waals surface area contributed by atoms with E-state index in [1.165, 1.54) is 6.42 Å². The smallest absolute Gasteiger partial charge is 0.157 e. The van der Waals surface area contributed by atoms with Gasteiger partial charge in [0.2, 0.25) is 0 Å². The number of hydrogen-bond donors (Lipinski definition) is 1. The largest absolute Gasteiger partial charge is 0.490 e. The molecule has 0 unspecified atom stereocenters. The van der Waals surface area contributed by atoms with Crippen molar-refractivity contribution in [2.45, 2.75) is 33.2 Å². The topological polar surface area (TPSA) is 39.1 Å². The molecule has 0 radical (unpaired) electrons. The Kier molecular flexibility index (Phi) is 5.85. The van der Waals surface area contributed by atoms with Gasteiger partial charge in [0.25, 0.3) is 0 Å². The molecule has 1 heterocycles. The van der Waals surface area contributed by atoms with Gasteiger partial charge < -0.3 is 10.1 Å². The van der Waals surface area contributed by atoms with Crippen molar-refractivity contribution in [2.24, 2.45) is 0 Å². The summed E-state index contributed by atoms with van der Waals surface area (Å²) in [6.07, 6.45) is 5.92. The van der Waals surface area contributed by atoms with Gasteiger partial charge in [-0.05, 0) is 32.9 Å². The Morgan fingerprint density at radius 3 is 2.93 bits per heavy atom. The zero-order valence-electron chi connectivity index (χ0n) is 9.70. The van der Waals surface area contributed by atoms with Crippen LogP contribution in [-0.4, -0.2) is 29.5 Å². The molecular weight excluding hydrogens is 190 g/mol. The van der Waals surface area contributed by atoms with E-state index in [0.29, 0.717) is 0 Å². The highest BCUT2D eigenvalue weighted by molar-refractivity contribution is 5.11. The molecule has 1 N–H and O–H groups in total. The maximum absolute atomic E-state index is 5.55. The summed E-state index contributed by atoms with van der Waals surface area (Å²) in [5, 5.41) is 7.48. The second kappa shape index (κ2) is 7.29. The van der Waals surface area contributed by atoms with E-state index in [9.17, 15) is 0 Å². The van der Waals surface area contributed by atoms with Crippen molar-refractivity contribution in [3.8, 4) is 5.75 Å². The van der Waals surface area contributed by atoms with Crippen LogP contribution in [0.15, 0.2) is 12.4 Å². The molecule has 0 spiro atoms. The summed E-state index contributed by atoms with van der Waals surface area (Å²) in [7, 11) is 0. The average Bonchev–Trinajstić information content (AvgIpc) is 2.71. The van der Waals surface area contributed by atoms with Crippen LogP contribution in [0.25, 0.3) is 0 Å². The van der Waals surface area contributed by atoms with Crippen LogP contribution >= 0.6 is 0 Å². The van der Waals surface area contributed by atoms with Crippen molar-refractivity contribution in [1.29, 1.82) is 0 Å². The van der Waals surface area contributed by atoms with Gasteiger partial charge in [0, 0.05) is 6.54 Å². The van der Waals surface area contributed by atoms with E-state index in [0.717, 1.165) is 38.4 Å². The lowest BCUT2D eigenvalue weighted by atomic mass is 10.4. The first-order valence-corrected chi connectivity index (χ1v) is 5.72. The molecule has 1 aromatic heterocycles. The van der Waals surface area contributed by atoms with Crippen molar-refractivity contribution in [2.75, 3.05) is 19.7 Å². The number of aromatic nitrogens is 2. The van der Waals surface area contributed by atoms with Crippen LogP contribution in [0, 0.1) is 0 Å². The summed E-state index contributed by atoms with van der Waals surface area (Å²) in [4.78, 5) is 0. The molecule has 0 saturated heterocycles. The number of nitrogens with zero attached hydrogens (tertiary/aromatic N) is 2. The molecule has 4 heteroatoms. The summed E-state index contributed by atoms with van der Waals surface area (Å²) in [6, 6.07) is 0. The van der Waals surface area contributed by atoms with Crippen molar-refractivity contribution in [3.05, 3.63) is 12.4 Å². The van der Waals surface area contributed by atoms with E-state index >= 15 is 0 Å². The van der Waals surface area contributed by atoms with Crippen molar-refractivity contribution < 1.29 is 4.74 Å². The fraction of sp³-hybridized carbons (Fsp3) is 0.727. The summed E-state index contributed by atoms with van der Waals surface area (Å²) >= 11 is 0. The highest BCUT2D eigenvalue weighted by atomic mass is 16.5. The molecule has 86 valence electrons. The average molecular weight is 211 g/mol. The fourth-order valence-electron chi connectivity index (χ4n) is 1.28. The molecular formula is C11H21N3O. The van der Waals surface area contributed by atoms with Crippen molar-refractivity contribution in [3.63, 3.8) is 0 Å². The lowest BCUT2D eigenvalue weighted by molar-refractivity contribution is 0.308. The predicted molar refractivity (Wildman–Crippen MR) is 61.2 cm³/mol. The number of hydrogen-bond acceptors (Lipinski definition) is 3. The normalized spacial score (nSPS) is 10.5. The van der Waals surface area contributed by atoms with Crippen molar-refractivity contribution >= 4 is 0 Å². The number of aryl methyl sites for hydroxylation is 1. The highest BCUT2D eigenvalue weighted by Gasteiger charge is 1.97. The zero-order valence-corrected chi connectivity index (χ0v) is 9.70. The van der Waals surface area contributed by atoms with E-state index in [4.69, 9.17) is 4.74 Å². The van der Waals surface area contributed by atoms with Crippen LogP contribution < -0.4 is 10.1 Å². The third kappa shape index (κ3) is 4.83. The molecule has 0 fully saturated rings. The minimum absolute atomic E-state index is 0.756. The monoisotopic (exact) mass is 211 g/mol. The van der Waals surface area contributed by atoms with Gasteiger partial charge in [0.15, 0.2) is 5.75 Å². The third-order valence-electron chi connectivity index (χ3n) is 2.13. The number of rotatable bonds is 8. The Hall–Kier alpha value is -1.03.